The van der Waals surface area contributed by atoms with Gasteiger partial charge in [-0.25, -0.2) is 0 Å². The smallest absolute Gasteiger partial charge is 0.198 e. The highest BCUT2D eigenvalue weighted by atomic mass is 14.9. The summed E-state index contributed by atoms with van der Waals surface area (Å²) in [6.45, 7) is 11.4. The summed E-state index contributed by atoms with van der Waals surface area (Å²) in [7, 11) is 2.19. The number of benzene rings is 1. The van der Waals surface area contributed by atoms with E-state index in [1.165, 1.54) is 27.7 Å². The van der Waals surface area contributed by atoms with Crippen molar-refractivity contribution >= 4 is 10.9 Å². The van der Waals surface area contributed by atoms with Crippen LogP contribution in [0.5, 0.6) is 0 Å². The van der Waals surface area contributed by atoms with E-state index in [0.717, 1.165) is 0 Å². The summed E-state index contributed by atoms with van der Waals surface area (Å²) in [5.74, 6) is 1.12. The first-order chi connectivity index (χ1) is 8.45. The molecule has 2 rings (SSSR count). The van der Waals surface area contributed by atoms with E-state index in [1.54, 1.807) is 0 Å². The third-order valence-electron chi connectivity index (χ3n) is 3.83. The quantitative estimate of drug-likeness (QED) is 0.694. The van der Waals surface area contributed by atoms with E-state index < -0.39 is 0 Å². The standard InChI is InChI=1S/C17H24N/c1-11(2)16-13(5)17(12(3)4)18(6)15-10-8-7-9-14(15)16/h7-12H,1-6H3/q+1. The summed E-state index contributed by atoms with van der Waals surface area (Å²) in [5.41, 5.74) is 5.77. The van der Waals surface area contributed by atoms with Crippen LogP contribution < -0.4 is 4.57 Å². The number of rotatable bonds is 2. The molecule has 0 radical (unpaired) electrons. The number of aromatic nitrogens is 1. The lowest BCUT2D eigenvalue weighted by Crippen LogP contribution is -2.37. The fourth-order valence-corrected chi connectivity index (χ4v) is 3.28. The zero-order valence-electron chi connectivity index (χ0n) is 12.4. The molecule has 0 aliphatic carbocycles. The van der Waals surface area contributed by atoms with Crippen LogP contribution in [0.2, 0.25) is 0 Å². The van der Waals surface area contributed by atoms with Crippen molar-refractivity contribution in [3.8, 4) is 0 Å². The minimum absolute atomic E-state index is 0.553. The molecule has 0 aliphatic rings. The van der Waals surface area contributed by atoms with Crippen molar-refractivity contribution in [1.82, 2.24) is 0 Å². The molecule has 0 N–H and O–H groups in total. The molecule has 0 bridgehead atoms. The van der Waals surface area contributed by atoms with Gasteiger partial charge in [-0.2, -0.15) is 4.57 Å². The number of para-hydroxylation sites is 1. The third kappa shape index (κ3) is 1.92. The molecule has 2 aromatic rings. The summed E-state index contributed by atoms with van der Waals surface area (Å²) in [6.07, 6.45) is 0. The topological polar surface area (TPSA) is 3.88 Å². The minimum Gasteiger partial charge on any atom is -0.198 e. The van der Waals surface area contributed by atoms with Crippen LogP contribution in [0.3, 0.4) is 0 Å². The van der Waals surface area contributed by atoms with Gasteiger partial charge in [-0.05, 0) is 24.5 Å². The minimum atomic E-state index is 0.553. The van der Waals surface area contributed by atoms with E-state index in [4.69, 9.17) is 0 Å². The van der Waals surface area contributed by atoms with Crippen LogP contribution in [0.4, 0.5) is 0 Å². The Labute approximate surface area is 110 Å². The molecule has 1 heterocycles. The Hall–Kier alpha value is -1.37. The fourth-order valence-electron chi connectivity index (χ4n) is 3.28. The highest BCUT2D eigenvalue weighted by Gasteiger charge is 2.24. The first kappa shape index (κ1) is 13.1. The molecule has 0 spiro atoms. The Morgan fingerprint density at radius 1 is 0.944 bits per heavy atom. The van der Waals surface area contributed by atoms with Gasteiger partial charge in [0.25, 0.3) is 0 Å². The van der Waals surface area contributed by atoms with Crippen LogP contribution in [0.15, 0.2) is 24.3 Å². The molecular weight excluding hydrogens is 218 g/mol. The molecule has 0 unspecified atom stereocenters. The average molecular weight is 242 g/mol. The monoisotopic (exact) mass is 242 g/mol. The number of hydrogen-bond donors (Lipinski definition) is 0. The summed E-state index contributed by atoms with van der Waals surface area (Å²) >= 11 is 0. The zero-order chi connectivity index (χ0) is 13.4. The van der Waals surface area contributed by atoms with E-state index in [1.807, 2.05) is 0 Å². The van der Waals surface area contributed by atoms with Gasteiger partial charge in [0.1, 0.15) is 7.05 Å². The lowest BCUT2D eigenvalue weighted by molar-refractivity contribution is -0.654. The highest BCUT2D eigenvalue weighted by Crippen LogP contribution is 2.30. The van der Waals surface area contributed by atoms with E-state index in [2.05, 4.69) is 70.5 Å². The number of hydrogen-bond acceptors (Lipinski definition) is 0. The Balaban J connectivity index is 2.97. The first-order valence-corrected chi connectivity index (χ1v) is 6.86. The molecule has 0 aliphatic heterocycles. The maximum absolute atomic E-state index is 2.36. The molecule has 1 aromatic heterocycles. The maximum Gasteiger partial charge on any atom is 0.212 e. The molecular formula is C17H24N+. The zero-order valence-corrected chi connectivity index (χ0v) is 12.4. The molecule has 1 aromatic carbocycles. The van der Waals surface area contributed by atoms with Crippen molar-refractivity contribution < 1.29 is 4.57 Å². The largest absolute Gasteiger partial charge is 0.212 e. The normalized spacial score (nSPS) is 11.8. The average Bonchev–Trinajstić information content (AvgIpc) is 2.28. The van der Waals surface area contributed by atoms with Gasteiger partial charge in [-0.15, -0.1) is 0 Å². The van der Waals surface area contributed by atoms with E-state index in [9.17, 15) is 0 Å². The second-order valence-electron chi connectivity index (χ2n) is 5.81. The summed E-state index contributed by atoms with van der Waals surface area (Å²) < 4.78 is 2.36. The van der Waals surface area contributed by atoms with Crippen molar-refractivity contribution in [2.24, 2.45) is 7.05 Å². The van der Waals surface area contributed by atoms with Gasteiger partial charge in [0, 0.05) is 17.5 Å². The van der Waals surface area contributed by atoms with Gasteiger partial charge in [0.2, 0.25) is 5.52 Å². The van der Waals surface area contributed by atoms with Crippen molar-refractivity contribution in [2.75, 3.05) is 0 Å². The lowest BCUT2D eigenvalue weighted by atomic mass is 9.89. The second kappa shape index (κ2) is 4.72. The van der Waals surface area contributed by atoms with Crippen LogP contribution in [-0.2, 0) is 7.05 Å². The van der Waals surface area contributed by atoms with E-state index >= 15 is 0 Å². The van der Waals surface area contributed by atoms with Crippen LogP contribution in [0.25, 0.3) is 10.9 Å². The maximum atomic E-state index is 2.36. The predicted octanol–water partition coefficient (Wildman–Crippen LogP) is 4.22. The molecule has 96 valence electrons. The van der Waals surface area contributed by atoms with Crippen LogP contribution in [0, 0.1) is 6.92 Å². The van der Waals surface area contributed by atoms with Crippen molar-refractivity contribution in [1.29, 1.82) is 0 Å². The van der Waals surface area contributed by atoms with Gasteiger partial charge < -0.3 is 0 Å². The van der Waals surface area contributed by atoms with Crippen molar-refractivity contribution in [3.05, 3.63) is 41.1 Å². The van der Waals surface area contributed by atoms with Gasteiger partial charge in [0.15, 0.2) is 5.69 Å². The number of pyridine rings is 1. The number of nitrogens with zero attached hydrogens (tertiary/aromatic N) is 1. The predicted molar refractivity (Wildman–Crippen MR) is 78.0 cm³/mol. The van der Waals surface area contributed by atoms with Crippen LogP contribution in [0.1, 0.15) is 56.4 Å². The Morgan fingerprint density at radius 3 is 2.11 bits per heavy atom. The van der Waals surface area contributed by atoms with Crippen molar-refractivity contribution in [3.63, 3.8) is 0 Å². The Morgan fingerprint density at radius 2 is 1.56 bits per heavy atom. The SMILES string of the molecule is Cc1c(C(C)C)c2ccccc2[n+](C)c1C(C)C. The van der Waals surface area contributed by atoms with Crippen LogP contribution in [-0.4, -0.2) is 0 Å². The molecule has 18 heavy (non-hydrogen) atoms. The van der Waals surface area contributed by atoms with E-state index in [-0.39, 0.29) is 0 Å². The lowest BCUT2D eigenvalue weighted by Gasteiger charge is -2.17. The second-order valence-corrected chi connectivity index (χ2v) is 5.81. The van der Waals surface area contributed by atoms with Crippen LogP contribution >= 0.6 is 0 Å². The number of aryl methyl sites for hydroxylation is 1. The highest BCUT2D eigenvalue weighted by molar-refractivity contribution is 5.81. The Kier molecular flexibility index (Phi) is 3.43. The third-order valence-corrected chi connectivity index (χ3v) is 3.83. The molecule has 0 saturated heterocycles. The van der Waals surface area contributed by atoms with Gasteiger partial charge in [0.05, 0.1) is 5.39 Å². The summed E-state index contributed by atoms with van der Waals surface area (Å²) in [6, 6.07) is 8.75. The van der Waals surface area contributed by atoms with Gasteiger partial charge >= 0.3 is 0 Å². The number of fused-ring (bicyclic) bond motifs is 1. The summed E-state index contributed by atoms with van der Waals surface area (Å²) in [4.78, 5) is 0. The van der Waals surface area contributed by atoms with Gasteiger partial charge in [-0.1, -0.05) is 39.8 Å². The molecule has 0 saturated carbocycles. The molecule has 1 nitrogen and oxygen atoms in total. The molecule has 1 heteroatoms. The van der Waals surface area contributed by atoms with E-state index in [0.29, 0.717) is 11.8 Å². The molecule has 0 amide bonds. The fraction of sp³-hybridized carbons (Fsp3) is 0.471. The first-order valence-electron chi connectivity index (χ1n) is 6.86. The Bertz CT molecular complexity index is 580. The summed E-state index contributed by atoms with van der Waals surface area (Å²) in [5, 5.41) is 1.40. The molecule has 0 atom stereocenters. The van der Waals surface area contributed by atoms with Gasteiger partial charge in [-0.3, -0.25) is 0 Å². The van der Waals surface area contributed by atoms with Crippen molar-refractivity contribution in [2.45, 2.75) is 46.5 Å². The molecule has 0 fully saturated rings.